The number of piperidine rings is 2. The highest BCUT2D eigenvalue weighted by Gasteiger charge is 2.23. The standard InChI is InChI=1S/C30H36N2O/c1-4-10-25(11-5-1)22-26-16-20-32(21-17-26)29-23-28(31-18-8-3-9-19-31)14-15-30(29)33-24-27-12-6-2-7-13-27/h1-2,4-7,10-15,23,26H,3,8-9,16-22,24H2. The SMILES string of the molecule is c1ccc(COc2ccc(N3CCCCC3)cc2N2CCC(Cc3ccccc3)CC2)cc1. The smallest absolute Gasteiger partial charge is 0.143 e. The zero-order valence-electron chi connectivity index (χ0n) is 19.7. The van der Waals surface area contributed by atoms with Crippen molar-refractivity contribution < 1.29 is 4.74 Å². The molecular formula is C30H36N2O. The van der Waals surface area contributed by atoms with Crippen molar-refractivity contribution in [3.05, 3.63) is 90.0 Å². The van der Waals surface area contributed by atoms with Crippen LogP contribution in [0.25, 0.3) is 0 Å². The molecule has 3 aromatic rings. The zero-order valence-corrected chi connectivity index (χ0v) is 19.7. The van der Waals surface area contributed by atoms with Gasteiger partial charge in [0.25, 0.3) is 0 Å². The Kier molecular flexibility index (Phi) is 7.15. The van der Waals surface area contributed by atoms with Gasteiger partial charge in [0.15, 0.2) is 0 Å². The van der Waals surface area contributed by atoms with Crippen LogP contribution in [-0.2, 0) is 13.0 Å². The third-order valence-corrected chi connectivity index (χ3v) is 7.22. The van der Waals surface area contributed by atoms with Gasteiger partial charge >= 0.3 is 0 Å². The van der Waals surface area contributed by atoms with Crippen molar-refractivity contribution in [1.82, 2.24) is 0 Å². The van der Waals surface area contributed by atoms with Crippen molar-refractivity contribution in [2.45, 2.75) is 45.1 Å². The average molecular weight is 441 g/mol. The Morgan fingerprint density at radius 3 is 2.03 bits per heavy atom. The van der Waals surface area contributed by atoms with E-state index in [-0.39, 0.29) is 0 Å². The van der Waals surface area contributed by atoms with Gasteiger partial charge in [0.05, 0.1) is 5.69 Å². The fraction of sp³-hybridized carbons (Fsp3) is 0.400. The molecule has 172 valence electrons. The first kappa shape index (κ1) is 21.9. The summed E-state index contributed by atoms with van der Waals surface area (Å²) in [5.74, 6) is 1.78. The number of hydrogen-bond donors (Lipinski definition) is 0. The third kappa shape index (κ3) is 5.71. The van der Waals surface area contributed by atoms with Crippen LogP contribution in [0, 0.1) is 5.92 Å². The Labute approximate surface area is 199 Å². The Morgan fingerprint density at radius 2 is 1.33 bits per heavy atom. The number of anilines is 2. The second-order valence-corrected chi connectivity index (χ2v) is 9.59. The molecule has 0 bridgehead atoms. The molecule has 2 saturated heterocycles. The van der Waals surface area contributed by atoms with Crippen LogP contribution in [0.15, 0.2) is 78.9 Å². The van der Waals surface area contributed by atoms with Crippen LogP contribution in [0.1, 0.15) is 43.2 Å². The van der Waals surface area contributed by atoms with Gasteiger partial charge in [-0.15, -0.1) is 0 Å². The zero-order chi connectivity index (χ0) is 22.3. The molecule has 3 aromatic carbocycles. The van der Waals surface area contributed by atoms with Gasteiger partial charge < -0.3 is 14.5 Å². The molecule has 0 N–H and O–H groups in total. The molecule has 3 nitrogen and oxygen atoms in total. The van der Waals surface area contributed by atoms with Gasteiger partial charge in [0.2, 0.25) is 0 Å². The van der Waals surface area contributed by atoms with Crippen LogP contribution in [0.5, 0.6) is 5.75 Å². The Morgan fingerprint density at radius 1 is 0.667 bits per heavy atom. The molecule has 0 radical (unpaired) electrons. The molecule has 0 aliphatic carbocycles. The van der Waals surface area contributed by atoms with Crippen LogP contribution >= 0.6 is 0 Å². The molecule has 2 heterocycles. The summed E-state index contributed by atoms with van der Waals surface area (Å²) >= 11 is 0. The van der Waals surface area contributed by atoms with E-state index in [0.29, 0.717) is 6.61 Å². The average Bonchev–Trinajstić information content (AvgIpc) is 2.90. The molecule has 2 aliphatic rings. The predicted octanol–water partition coefficient (Wildman–Crippen LogP) is 6.72. The van der Waals surface area contributed by atoms with Gasteiger partial charge in [0, 0.05) is 31.9 Å². The highest BCUT2D eigenvalue weighted by atomic mass is 16.5. The van der Waals surface area contributed by atoms with Crippen LogP contribution in [0.2, 0.25) is 0 Å². The van der Waals surface area contributed by atoms with E-state index in [4.69, 9.17) is 4.74 Å². The summed E-state index contributed by atoms with van der Waals surface area (Å²) in [6.45, 7) is 5.15. The van der Waals surface area contributed by atoms with Crippen molar-refractivity contribution in [2.24, 2.45) is 5.92 Å². The van der Waals surface area contributed by atoms with E-state index in [0.717, 1.165) is 24.8 Å². The summed E-state index contributed by atoms with van der Waals surface area (Å²) in [4.78, 5) is 5.12. The maximum Gasteiger partial charge on any atom is 0.143 e. The van der Waals surface area contributed by atoms with Crippen molar-refractivity contribution >= 4 is 11.4 Å². The summed E-state index contributed by atoms with van der Waals surface area (Å²) in [5, 5.41) is 0. The van der Waals surface area contributed by atoms with Crippen molar-refractivity contribution in [3.63, 3.8) is 0 Å². The molecule has 2 aliphatic heterocycles. The minimum absolute atomic E-state index is 0.612. The van der Waals surface area contributed by atoms with Gasteiger partial charge in [-0.1, -0.05) is 60.7 Å². The second-order valence-electron chi connectivity index (χ2n) is 9.59. The molecule has 0 amide bonds. The first-order valence-corrected chi connectivity index (χ1v) is 12.7. The van der Waals surface area contributed by atoms with Crippen LogP contribution in [0.4, 0.5) is 11.4 Å². The molecule has 0 saturated carbocycles. The summed E-state index contributed by atoms with van der Waals surface area (Å²) in [6.07, 6.45) is 7.62. The normalized spacial score (nSPS) is 17.2. The highest BCUT2D eigenvalue weighted by molar-refractivity contribution is 5.67. The molecular weight excluding hydrogens is 404 g/mol. The van der Waals surface area contributed by atoms with Crippen molar-refractivity contribution in [3.8, 4) is 5.75 Å². The van der Waals surface area contributed by atoms with E-state index in [1.54, 1.807) is 0 Å². The van der Waals surface area contributed by atoms with E-state index < -0.39 is 0 Å². The van der Waals surface area contributed by atoms with Gasteiger partial charge in [-0.05, 0) is 73.8 Å². The Hall–Kier alpha value is -2.94. The minimum Gasteiger partial charge on any atom is -0.487 e. The fourth-order valence-corrected chi connectivity index (χ4v) is 5.28. The Bertz CT molecular complexity index is 990. The number of hydrogen-bond acceptors (Lipinski definition) is 3. The van der Waals surface area contributed by atoms with Gasteiger partial charge in [-0.25, -0.2) is 0 Å². The first-order valence-electron chi connectivity index (χ1n) is 12.7. The highest BCUT2D eigenvalue weighted by Crippen LogP contribution is 2.37. The third-order valence-electron chi connectivity index (χ3n) is 7.22. The number of benzene rings is 3. The molecule has 0 spiro atoms. The second kappa shape index (κ2) is 10.8. The summed E-state index contributed by atoms with van der Waals surface area (Å²) in [7, 11) is 0. The van der Waals surface area contributed by atoms with Crippen molar-refractivity contribution in [2.75, 3.05) is 36.0 Å². The monoisotopic (exact) mass is 440 g/mol. The number of nitrogens with zero attached hydrogens (tertiary/aromatic N) is 2. The van der Waals surface area contributed by atoms with Crippen LogP contribution < -0.4 is 14.5 Å². The molecule has 2 fully saturated rings. The molecule has 0 aromatic heterocycles. The quantitative estimate of drug-likeness (QED) is 0.406. The topological polar surface area (TPSA) is 15.7 Å². The van der Waals surface area contributed by atoms with Crippen LogP contribution in [-0.4, -0.2) is 26.2 Å². The lowest BCUT2D eigenvalue weighted by Crippen LogP contribution is -2.35. The summed E-state index contributed by atoms with van der Waals surface area (Å²) in [5.41, 5.74) is 5.30. The predicted molar refractivity (Wildman–Crippen MR) is 138 cm³/mol. The molecule has 5 rings (SSSR count). The minimum atomic E-state index is 0.612. The maximum atomic E-state index is 6.38. The van der Waals surface area contributed by atoms with E-state index in [1.807, 2.05) is 0 Å². The van der Waals surface area contributed by atoms with Gasteiger partial charge in [-0.3, -0.25) is 0 Å². The lowest BCUT2D eigenvalue weighted by atomic mass is 9.90. The van der Waals surface area contributed by atoms with Crippen LogP contribution in [0.3, 0.4) is 0 Å². The summed E-state index contributed by atoms with van der Waals surface area (Å²) < 4.78 is 6.38. The largest absolute Gasteiger partial charge is 0.487 e. The number of rotatable bonds is 7. The fourth-order valence-electron chi connectivity index (χ4n) is 5.28. The first-order chi connectivity index (χ1) is 16.3. The van der Waals surface area contributed by atoms with E-state index in [2.05, 4.69) is 88.7 Å². The van der Waals surface area contributed by atoms with Gasteiger partial charge in [0.1, 0.15) is 12.4 Å². The van der Waals surface area contributed by atoms with Crippen molar-refractivity contribution in [1.29, 1.82) is 0 Å². The lowest BCUT2D eigenvalue weighted by molar-refractivity contribution is 0.304. The molecule has 3 heteroatoms. The summed E-state index contributed by atoms with van der Waals surface area (Å²) in [6, 6.07) is 28.3. The van der Waals surface area contributed by atoms with E-state index in [1.165, 1.54) is 74.1 Å². The molecule has 0 unspecified atom stereocenters. The molecule has 0 atom stereocenters. The molecule has 33 heavy (non-hydrogen) atoms. The van der Waals surface area contributed by atoms with Gasteiger partial charge in [-0.2, -0.15) is 0 Å². The Balaban J connectivity index is 1.31. The lowest BCUT2D eigenvalue weighted by Gasteiger charge is -2.36. The maximum absolute atomic E-state index is 6.38. The number of ether oxygens (including phenoxy) is 1. The van der Waals surface area contributed by atoms with E-state index in [9.17, 15) is 0 Å². The van der Waals surface area contributed by atoms with E-state index >= 15 is 0 Å².